The van der Waals surface area contributed by atoms with Crippen molar-refractivity contribution in [2.24, 2.45) is 0 Å². The molecule has 0 aromatic heterocycles. The first-order valence-electron chi connectivity index (χ1n) is 9.84. The summed E-state index contributed by atoms with van der Waals surface area (Å²) in [5, 5.41) is 2.94. The lowest BCUT2D eigenvalue weighted by molar-refractivity contribution is 0.0939. The zero-order chi connectivity index (χ0) is 22.8. The monoisotopic (exact) mass is 456 g/mol. The Labute approximate surface area is 188 Å². The number of rotatable bonds is 6. The number of aryl methyl sites for hydroxylation is 3. The van der Waals surface area contributed by atoms with Crippen molar-refractivity contribution in [3.8, 4) is 0 Å². The second-order valence-electron chi connectivity index (χ2n) is 7.67. The van der Waals surface area contributed by atoms with Crippen molar-refractivity contribution in [2.75, 3.05) is 4.72 Å². The second-order valence-corrected chi connectivity index (χ2v) is 9.73. The number of benzene rings is 3. The van der Waals surface area contributed by atoms with E-state index >= 15 is 0 Å². The molecule has 0 saturated carbocycles. The first kappa shape index (κ1) is 22.8. The summed E-state index contributed by atoms with van der Waals surface area (Å²) in [6.07, 6.45) is 0. The van der Waals surface area contributed by atoms with Gasteiger partial charge in [0.05, 0.1) is 16.8 Å². The Bertz CT molecular complexity index is 1220. The van der Waals surface area contributed by atoms with Gasteiger partial charge in [-0.05, 0) is 68.7 Å². The van der Waals surface area contributed by atoms with Crippen LogP contribution in [0.1, 0.15) is 45.6 Å². The molecule has 0 radical (unpaired) electrons. The Morgan fingerprint density at radius 3 is 2.23 bits per heavy atom. The Morgan fingerprint density at radius 2 is 1.55 bits per heavy atom. The molecule has 0 spiro atoms. The van der Waals surface area contributed by atoms with Gasteiger partial charge in [-0.2, -0.15) is 0 Å². The van der Waals surface area contributed by atoms with Crippen LogP contribution in [-0.2, 0) is 10.0 Å². The van der Waals surface area contributed by atoms with Crippen LogP contribution in [0.15, 0.2) is 65.6 Å². The maximum absolute atomic E-state index is 13.0. The van der Waals surface area contributed by atoms with Gasteiger partial charge in [-0.25, -0.2) is 8.42 Å². The van der Waals surface area contributed by atoms with Crippen LogP contribution in [0.25, 0.3) is 0 Å². The van der Waals surface area contributed by atoms with Crippen molar-refractivity contribution in [1.29, 1.82) is 0 Å². The van der Waals surface area contributed by atoms with Crippen molar-refractivity contribution in [1.82, 2.24) is 5.32 Å². The van der Waals surface area contributed by atoms with E-state index in [0.29, 0.717) is 5.69 Å². The largest absolute Gasteiger partial charge is 0.346 e. The van der Waals surface area contributed by atoms with Crippen LogP contribution in [-0.4, -0.2) is 14.3 Å². The minimum atomic E-state index is -3.99. The smallest absolute Gasteiger partial charge is 0.263 e. The normalized spacial score (nSPS) is 12.3. The standard InChI is InChI=1S/C24H25ClN2O3S/c1-15-6-9-19(10-7-15)18(4)26-24(28)20-11-12-21(25)23(14-20)31(29,30)27-22-13-16(2)5-8-17(22)3/h5-14,18,27H,1-4H3,(H,26,28). The van der Waals surface area contributed by atoms with E-state index in [0.717, 1.165) is 22.3 Å². The Kier molecular flexibility index (Phi) is 6.72. The summed E-state index contributed by atoms with van der Waals surface area (Å²) in [5.41, 5.74) is 4.48. The number of hydrogen-bond acceptors (Lipinski definition) is 3. The van der Waals surface area contributed by atoms with Crippen molar-refractivity contribution in [2.45, 2.75) is 38.6 Å². The molecule has 0 aliphatic heterocycles. The van der Waals surface area contributed by atoms with Crippen molar-refractivity contribution < 1.29 is 13.2 Å². The highest BCUT2D eigenvalue weighted by atomic mass is 35.5. The van der Waals surface area contributed by atoms with Gasteiger partial charge in [-0.3, -0.25) is 9.52 Å². The lowest BCUT2D eigenvalue weighted by atomic mass is 10.1. The van der Waals surface area contributed by atoms with Gasteiger partial charge >= 0.3 is 0 Å². The molecule has 0 saturated heterocycles. The van der Waals surface area contributed by atoms with E-state index in [1.54, 1.807) is 6.07 Å². The Balaban J connectivity index is 1.85. The maximum Gasteiger partial charge on any atom is 0.263 e. The number of anilines is 1. The zero-order valence-corrected chi connectivity index (χ0v) is 19.4. The van der Waals surface area contributed by atoms with Gasteiger partial charge in [0.15, 0.2) is 0 Å². The van der Waals surface area contributed by atoms with E-state index in [4.69, 9.17) is 11.6 Å². The average Bonchev–Trinajstić information content (AvgIpc) is 2.71. The maximum atomic E-state index is 13.0. The van der Waals surface area contributed by atoms with E-state index in [9.17, 15) is 13.2 Å². The molecule has 7 heteroatoms. The molecule has 31 heavy (non-hydrogen) atoms. The topological polar surface area (TPSA) is 75.3 Å². The van der Waals surface area contributed by atoms with Crippen LogP contribution in [0.3, 0.4) is 0 Å². The van der Waals surface area contributed by atoms with Gasteiger partial charge in [0, 0.05) is 5.56 Å². The third-order valence-electron chi connectivity index (χ3n) is 5.05. The van der Waals surface area contributed by atoms with Gasteiger partial charge in [-0.15, -0.1) is 0 Å². The number of halogens is 1. The molecule has 5 nitrogen and oxygen atoms in total. The van der Waals surface area contributed by atoms with Crippen LogP contribution in [0.4, 0.5) is 5.69 Å². The van der Waals surface area contributed by atoms with E-state index in [2.05, 4.69) is 10.0 Å². The Hall–Kier alpha value is -2.83. The number of amides is 1. The van der Waals surface area contributed by atoms with Gasteiger partial charge in [-0.1, -0.05) is 53.6 Å². The van der Waals surface area contributed by atoms with Crippen molar-refractivity contribution in [3.63, 3.8) is 0 Å². The number of hydrogen-bond donors (Lipinski definition) is 2. The minimum absolute atomic E-state index is 0.0425. The number of nitrogens with one attached hydrogen (secondary N) is 2. The van der Waals surface area contributed by atoms with E-state index in [1.807, 2.05) is 64.1 Å². The summed E-state index contributed by atoms with van der Waals surface area (Å²) < 4.78 is 28.6. The Morgan fingerprint density at radius 1 is 0.903 bits per heavy atom. The summed E-state index contributed by atoms with van der Waals surface area (Å²) in [4.78, 5) is 12.6. The summed E-state index contributed by atoms with van der Waals surface area (Å²) in [5.74, 6) is -0.382. The van der Waals surface area contributed by atoms with E-state index in [1.165, 1.54) is 18.2 Å². The third-order valence-corrected chi connectivity index (χ3v) is 6.89. The highest BCUT2D eigenvalue weighted by Crippen LogP contribution is 2.27. The molecule has 0 heterocycles. The first-order valence-corrected chi connectivity index (χ1v) is 11.7. The molecule has 0 fully saturated rings. The average molecular weight is 457 g/mol. The fourth-order valence-electron chi connectivity index (χ4n) is 3.11. The summed E-state index contributed by atoms with van der Waals surface area (Å²) in [6, 6.07) is 17.3. The lowest BCUT2D eigenvalue weighted by Gasteiger charge is -2.16. The molecular formula is C24H25ClN2O3S. The van der Waals surface area contributed by atoms with Crippen LogP contribution in [0.5, 0.6) is 0 Å². The lowest BCUT2D eigenvalue weighted by Crippen LogP contribution is -2.27. The summed E-state index contributed by atoms with van der Waals surface area (Å²) >= 11 is 6.19. The molecule has 2 N–H and O–H groups in total. The number of sulfonamides is 1. The van der Waals surface area contributed by atoms with Crippen LogP contribution in [0, 0.1) is 20.8 Å². The van der Waals surface area contributed by atoms with Crippen LogP contribution < -0.4 is 10.0 Å². The van der Waals surface area contributed by atoms with E-state index < -0.39 is 10.0 Å². The van der Waals surface area contributed by atoms with Crippen LogP contribution in [0.2, 0.25) is 5.02 Å². The molecule has 1 atom stereocenters. The van der Waals surface area contributed by atoms with Gasteiger partial charge in [0.1, 0.15) is 4.90 Å². The highest BCUT2D eigenvalue weighted by molar-refractivity contribution is 7.92. The van der Waals surface area contributed by atoms with Gasteiger partial charge < -0.3 is 5.32 Å². The molecular weight excluding hydrogens is 432 g/mol. The van der Waals surface area contributed by atoms with Crippen molar-refractivity contribution >= 4 is 33.2 Å². The van der Waals surface area contributed by atoms with Crippen molar-refractivity contribution in [3.05, 3.63) is 93.5 Å². The fourth-order valence-corrected chi connectivity index (χ4v) is 4.76. The third kappa shape index (κ3) is 5.46. The SMILES string of the molecule is Cc1ccc(C(C)NC(=O)c2ccc(Cl)c(S(=O)(=O)Nc3cc(C)ccc3C)c2)cc1. The zero-order valence-electron chi connectivity index (χ0n) is 17.9. The van der Waals surface area contributed by atoms with E-state index in [-0.39, 0.29) is 27.4 Å². The fraction of sp³-hybridized carbons (Fsp3) is 0.208. The molecule has 0 bridgehead atoms. The molecule has 3 rings (SSSR count). The highest BCUT2D eigenvalue weighted by Gasteiger charge is 2.22. The molecule has 0 aliphatic rings. The minimum Gasteiger partial charge on any atom is -0.346 e. The molecule has 1 amide bonds. The molecule has 1 unspecified atom stereocenters. The number of carbonyl (C=O) groups excluding carboxylic acids is 1. The van der Waals surface area contributed by atoms with Gasteiger partial charge in [0.25, 0.3) is 15.9 Å². The molecule has 3 aromatic rings. The predicted molar refractivity (Wildman–Crippen MR) is 125 cm³/mol. The van der Waals surface area contributed by atoms with Gasteiger partial charge in [0.2, 0.25) is 0 Å². The molecule has 0 aliphatic carbocycles. The quantitative estimate of drug-likeness (QED) is 0.510. The second kappa shape index (κ2) is 9.12. The summed E-state index contributed by atoms with van der Waals surface area (Å²) in [7, 11) is -3.99. The molecule has 3 aromatic carbocycles. The number of carbonyl (C=O) groups is 1. The summed E-state index contributed by atoms with van der Waals surface area (Å²) in [6.45, 7) is 7.56. The molecule has 162 valence electrons. The predicted octanol–water partition coefficient (Wildman–Crippen LogP) is 5.56. The van der Waals surface area contributed by atoms with Crippen LogP contribution >= 0.6 is 11.6 Å². The first-order chi connectivity index (χ1) is 14.6.